The number of alkyl halides is 3. The monoisotopic (exact) mass is 288 g/mol. The van der Waals surface area contributed by atoms with Crippen LogP contribution in [0.2, 0.25) is 0 Å². The van der Waals surface area contributed by atoms with Gasteiger partial charge in [-0.25, -0.2) is 0 Å². The summed E-state index contributed by atoms with van der Waals surface area (Å²) >= 11 is 1.09. The molecule has 19 heavy (non-hydrogen) atoms. The molecule has 1 N–H and O–H groups in total. The summed E-state index contributed by atoms with van der Waals surface area (Å²) in [6.45, 7) is 1.73. The molecular formula is C12H11F3N2OS. The van der Waals surface area contributed by atoms with Crippen LogP contribution in [0.15, 0.2) is 24.3 Å². The second kappa shape index (κ2) is 5.26. The van der Waals surface area contributed by atoms with Crippen molar-refractivity contribution in [2.24, 2.45) is 0 Å². The molecule has 102 valence electrons. The lowest BCUT2D eigenvalue weighted by Gasteiger charge is -2.10. The largest absolute Gasteiger partial charge is 0.416 e. The molecule has 0 saturated heterocycles. The molecule has 7 heteroatoms. The average molecular weight is 288 g/mol. The Hall–Kier alpha value is -1.47. The van der Waals surface area contributed by atoms with Crippen LogP contribution in [0, 0.1) is 6.92 Å². The zero-order valence-electron chi connectivity index (χ0n) is 9.98. The first-order valence-electron chi connectivity index (χ1n) is 5.51. The molecule has 0 aliphatic carbocycles. The van der Waals surface area contributed by atoms with E-state index < -0.39 is 17.8 Å². The second-order valence-corrected chi connectivity index (χ2v) is 4.92. The van der Waals surface area contributed by atoms with E-state index in [1.807, 2.05) is 0 Å². The topological polar surface area (TPSA) is 46.0 Å². The highest BCUT2D eigenvalue weighted by Gasteiger charge is 2.30. The highest BCUT2D eigenvalue weighted by molar-refractivity contribution is 7.05. The third kappa shape index (κ3) is 3.30. The molecule has 0 radical (unpaired) electrons. The van der Waals surface area contributed by atoms with E-state index in [0.717, 1.165) is 23.7 Å². The van der Waals surface area contributed by atoms with Crippen molar-refractivity contribution in [3.05, 3.63) is 46.0 Å². The summed E-state index contributed by atoms with van der Waals surface area (Å²) in [5.74, 6) is 0. The summed E-state index contributed by atoms with van der Waals surface area (Å²) in [6, 6.07) is 4.77. The van der Waals surface area contributed by atoms with Crippen LogP contribution in [0.25, 0.3) is 0 Å². The molecule has 2 aromatic rings. The van der Waals surface area contributed by atoms with Gasteiger partial charge >= 0.3 is 6.18 Å². The highest BCUT2D eigenvalue weighted by Crippen LogP contribution is 2.30. The normalized spacial score (nSPS) is 13.5. The van der Waals surface area contributed by atoms with E-state index in [-0.39, 0.29) is 6.42 Å². The van der Waals surface area contributed by atoms with Crippen molar-refractivity contribution in [1.29, 1.82) is 0 Å². The Morgan fingerprint density at radius 1 is 1.26 bits per heavy atom. The van der Waals surface area contributed by atoms with Gasteiger partial charge in [-0.15, -0.1) is 5.10 Å². The summed E-state index contributed by atoms with van der Waals surface area (Å²) in [5.41, 5.74) is 0.582. The summed E-state index contributed by atoms with van der Waals surface area (Å²) in [4.78, 5) is 0.639. The fraction of sp³-hybridized carbons (Fsp3) is 0.333. The van der Waals surface area contributed by atoms with Gasteiger partial charge in [-0.05, 0) is 36.2 Å². The Kier molecular flexibility index (Phi) is 3.86. The predicted molar refractivity (Wildman–Crippen MR) is 64.8 cm³/mol. The van der Waals surface area contributed by atoms with E-state index in [1.54, 1.807) is 6.92 Å². The standard InChI is InChI=1S/C12H11F3N2OS/c1-7-11(19-17-16-7)10(18)6-8-2-4-9(5-3-8)12(13,14)15/h2-5,10,18H,6H2,1H3. The molecular weight excluding hydrogens is 277 g/mol. The zero-order valence-corrected chi connectivity index (χ0v) is 10.8. The zero-order chi connectivity index (χ0) is 14.0. The highest BCUT2D eigenvalue weighted by atomic mass is 32.1. The van der Waals surface area contributed by atoms with E-state index in [1.165, 1.54) is 12.1 Å². The van der Waals surface area contributed by atoms with E-state index in [0.29, 0.717) is 16.1 Å². The Morgan fingerprint density at radius 2 is 1.89 bits per heavy atom. The minimum absolute atomic E-state index is 0.239. The SMILES string of the molecule is Cc1nnsc1C(O)Cc1ccc(C(F)(F)F)cc1. The second-order valence-electron chi connectivity index (χ2n) is 4.14. The Morgan fingerprint density at radius 3 is 2.37 bits per heavy atom. The average Bonchev–Trinajstić information content (AvgIpc) is 2.75. The van der Waals surface area contributed by atoms with Gasteiger partial charge in [-0.1, -0.05) is 16.6 Å². The fourth-order valence-electron chi connectivity index (χ4n) is 1.69. The summed E-state index contributed by atoms with van der Waals surface area (Å²) in [6.07, 6.45) is -4.89. The molecule has 1 heterocycles. The van der Waals surface area contributed by atoms with Crippen LogP contribution in [0.5, 0.6) is 0 Å². The first-order chi connectivity index (χ1) is 8.88. The number of aliphatic hydroxyl groups is 1. The molecule has 1 aromatic heterocycles. The van der Waals surface area contributed by atoms with Gasteiger partial charge < -0.3 is 5.11 Å². The number of nitrogens with zero attached hydrogens (tertiary/aromatic N) is 2. The van der Waals surface area contributed by atoms with Crippen LogP contribution in [-0.4, -0.2) is 14.7 Å². The maximum atomic E-state index is 12.4. The minimum atomic E-state index is -4.34. The van der Waals surface area contributed by atoms with E-state index in [9.17, 15) is 18.3 Å². The van der Waals surface area contributed by atoms with E-state index >= 15 is 0 Å². The van der Waals surface area contributed by atoms with Gasteiger partial charge in [-0.2, -0.15) is 13.2 Å². The molecule has 1 atom stereocenters. The Labute approximate surface area is 111 Å². The van der Waals surface area contributed by atoms with Crippen LogP contribution in [0.3, 0.4) is 0 Å². The summed E-state index contributed by atoms with van der Waals surface area (Å²) in [7, 11) is 0. The maximum Gasteiger partial charge on any atom is 0.416 e. The van der Waals surface area contributed by atoms with Gasteiger partial charge in [0.25, 0.3) is 0 Å². The van der Waals surface area contributed by atoms with Crippen LogP contribution >= 0.6 is 11.5 Å². The first-order valence-corrected chi connectivity index (χ1v) is 6.28. The van der Waals surface area contributed by atoms with Gasteiger partial charge in [0.15, 0.2) is 0 Å². The van der Waals surface area contributed by atoms with Crippen molar-refractivity contribution in [3.8, 4) is 0 Å². The number of benzene rings is 1. The van der Waals surface area contributed by atoms with Crippen LogP contribution in [0.4, 0.5) is 13.2 Å². The maximum absolute atomic E-state index is 12.4. The summed E-state index contributed by atoms with van der Waals surface area (Å²) in [5, 5.41) is 13.8. The minimum Gasteiger partial charge on any atom is -0.387 e. The fourth-order valence-corrected chi connectivity index (χ4v) is 2.32. The number of hydrogen-bond donors (Lipinski definition) is 1. The molecule has 0 amide bonds. The first kappa shape index (κ1) is 14.0. The quantitative estimate of drug-likeness (QED) is 0.943. The lowest BCUT2D eigenvalue weighted by molar-refractivity contribution is -0.137. The van der Waals surface area contributed by atoms with Crippen molar-refractivity contribution in [2.75, 3.05) is 0 Å². The number of aryl methyl sites for hydroxylation is 1. The van der Waals surface area contributed by atoms with Gasteiger partial charge in [0.1, 0.15) is 0 Å². The van der Waals surface area contributed by atoms with Crippen molar-refractivity contribution in [1.82, 2.24) is 9.59 Å². The van der Waals surface area contributed by atoms with Crippen molar-refractivity contribution >= 4 is 11.5 Å². The molecule has 0 aliphatic rings. The predicted octanol–water partition coefficient (Wildman–Crippen LogP) is 3.14. The van der Waals surface area contributed by atoms with Gasteiger partial charge in [-0.3, -0.25) is 0 Å². The molecule has 1 aromatic carbocycles. The summed E-state index contributed by atoms with van der Waals surface area (Å²) < 4.78 is 40.9. The van der Waals surface area contributed by atoms with Crippen molar-refractivity contribution < 1.29 is 18.3 Å². The third-order valence-corrected chi connectivity index (χ3v) is 3.63. The smallest absolute Gasteiger partial charge is 0.387 e. The van der Waals surface area contributed by atoms with Crippen LogP contribution in [-0.2, 0) is 12.6 Å². The molecule has 0 fully saturated rings. The van der Waals surface area contributed by atoms with Crippen molar-refractivity contribution in [2.45, 2.75) is 25.6 Å². The van der Waals surface area contributed by atoms with Gasteiger partial charge in [0.05, 0.1) is 22.2 Å². The van der Waals surface area contributed by atoms with Crippen molar-refractivity contribution in [3.63, 3.8) is 0 Å². The lowest BCUT2D eigenvalue weighted by atomic mass is 10.0. The Balaban J connectivity index is 2.10. The van der Waals surface area contributed by atoms with Crippen LogP contribution in [0.1, 0.15) is 27.8 Å². The van der Waals surface area contributed by atoms with Gasteiger partial charge in [0.2, 0.25) is 0 Å². The molecule has 0 saturated carbocycles. The molecule has 2 rings (SSSR count). The number of hydrogen-bond acceptors (Lipinski definition) is 4. The van der Waals surface area contributed by atoms with E-state index in [2.05, 4.69) is 9.59 Å². The molecule has 0 aliphatic heterocycles. The van der Waals surface area contributed by atoms with Gasteiger partial charge in [0, 0.05) is 6.42 Å². The number of aromatic nitrogens is 2. The number of halogens is 3. The Bertz CT molecular complexity index is 551. The molecule has 3 nitrogen and oxygen atoms in total. The third-order valence-electron chi connectivity index (χ3n) is 2.70. The van der Waals surface area contributed by atoms with Crippen LogP contribution < -0.4 is 0 Å². The van der Waals surface area contributed by atoms with E-state index in [4.69, 9.17) is 0 Å². The number of aliphatic hydroxyl groups excluding tert-OH is 1. The molecule has 1 unspecified atom stereocenters. The number of rotatable bonds is 3. The molecule has 0 bridgehead atoms. The molecule has 0 spiro atoms. The lowest BCUT2D eigenvalue weighted by Crippen LogP contribution is -2.06.